The van der Waals surface area contributed by atoms with Gasteiger partial charge in [-0.2, -0.15) is 0 Å². The van der Waals surface area contributed by atoms with Crippen molar-refractivity contribution in [3.05, 3.63) is 27.1 Å². The lowest BCUT2D eigenvalue weighted by molar-refractivity contribution is 0.332. The summed E-state index contributed by atoms with van der Waals surface area (Å²) in [5.74, 6) is 0.525. The summed E-state index contributed by atoms with van der Waals surface area (Å²) in [5.41, 5.74) is 8.34. The zero-order chi connectivity index (χ0) is 14.1. The summed E-state index contributed by atoms with van der Waals surface area (Å²) in [4.78, 5) is 16.9. The highest BCUT2D eigenvalue weighted by atomic mass is 79.9. The fourth-order valence-electron chi connectivity index (χ4n) is 3.05. The van der Waals surface area contributed by atoms with Crippen molar-refractivity contribution in [3.63, 3.8) is 0 Å². The first-order valence-corrected chi connectivity index (χ1v) is 7.85. The minimum atomic E-state index is -0.179. The molecule has 2 aromatic rings. The normalized spacial score (nSPS) is 23.1. The van der Waals surface area contributed by atoms with E-state index < -0.39 is 0 Å². The predicted molar refractivity (Wildman–Crippen MR) is 85.0 cm³/mol. The molecule has 0 radical (unpaired) electrons. The average molecular weight is 339 g/mol. The van der Waals surface area contributed by atoms with Crippen LogP contribution < -0.4 is 16.7 Å². The Morgan fingerprint density at radius 3 is 2.70 bits per heavy atom. The van der Waals surface area contributed by atoms with E-state index in [0.717, 1.165) is 34.2 Å². The Morgan fingerprint density at radius 1 is 1.25 bits per heavy atom. The SMILES string of the molecule is NCC1CCCCC1Nc1cc2[nH]c(=O)[nH]c2cc1Br. The molecule has 6 heteroatoms. The van der Waals surface area contributed by atoms with Gasteiger partial charge >= 0.3 is 5.69 Å². The highest BCUT2D eigenvalue weighted by molar-refractivity contribution is 9.10. The molecule has 2 unspecified atom stereocenters. The van der Waals surface area contributed by atoms with Crippen LogP contribution in [-0.2, 0) is 0 Å². The van der Waals surface area contributed by atoms with Crippen molar-refractivity contribution in [1.82, 2.24) is 9.97 Å². The Balaban J connectivity index is 1.89. The Kier molecular flexibility index (Phi) is 3.85. The number of nitrogens with two attached hydrogens (primary N) is 1. The molecule has 1 aromatic carbocycles. The second kappa shape index (κ2) is 5.61. The molecule has 1 heterocycles. The van der Waals surface area contributed by atoms with Crippen LogP contribution in [0.3, 0.4) is 0 Å². The van der Waals surface area contributed by atoms with Gasteiger partial charge < -0.3 is 21.0 Å². The second-order valence-corrected chi connectivity index (χ2v) is 6.34. The van der Waals surface area contributed by atoms with E-state index in [4.69, 9.17) is 5.73 Å². The number of nitrogens with one attached hydrogen (secondary N) is 3. The van der Waals surface area contributed by atoms with Gasteiger partial charge in [-0.3, -0.25) is 0 Å². The van der Waals surface area contributed by atoms with Gasteiger partial charge in [-0.15, -0.1) is 0 Å². The van der Waals surface area contributed by atoms with Crippen LogP contribution in [-0.4, -0.2) is 22.6 Å². The van der Waals surface area contributed by atoms with Gasteiger partial charge in [0.05, 0.1) is 16.7 Å². The quantitative estimate of drug-likeness (QED) is 0.693. The summed E-state index contributed by atoms with van der Waals surface area (Å²) >= 11 is 3.57. The summed E-state index contributed by atoms with van der Waals surface area (Å²) < 4.78 is 0.960. The molecule has 1 aliphatic carbocycles. The fourth-order valence-corrected chi connectivity index (χ4v) is 3.50. The monoisotopic (exact) mass is 338 g/mol. The molecule has 0 saturated heterocycles. The number of benzene rings is 1. The van der Waals surface area contributed by atoms with Gasteiger partial charge in [0.2, 0.25) is 0 Å². The minimum Gasteiger partial charge on any atom is -0.381 e. The molecule has 1 fully saturated rings. The Labute approximate surface area is 125 Å². The number of aromatic nitrogens is 2. The molecule has 0 aliphatic heterocycles. The van der Waals surface area contributed by atoms with Gasteiger partial charge in [-0.1, -0.05) is 12.8 Å². The number of hydrogen-bond donors (Lipinski definition) is 4. The first-order valence-electron chi connectivity index (χ1n) is 7.05. The lowest BCUT2D eigenvalue weighted by Crippen LogP contribution is -2.36. The van der Waals surface area contributed by atoms with Gasteiger partial charge in [0, 0.05) is 10.5 Å². The van der Waals surface area contributed by atoms with Gasteiger partial charge in [0.15, 0.2) is 0 Å². The van der Waals surface area contributed by atoms with E-state index in [1.54, 1.807) is 0 Å². The lowest BCUT2D eigenvalue weighted by Gasteiger charge is -2.32. The first kappa shape index (κ1) is 13.7. The van der Waals surface area contributed by atoms with E-state index >= 15 is 0 Å². The van der Waals surface area contributed by atoms with Crippen molar-refractivity contribution in [2.24, 2.45) is 11.7 Å². The summed E-state index contributed by atoms with van der Waals surface area (Å²) in [6.07, 6.45) is 4.85. The lowest BCUT2D eigenvalue weighted by atomic mass is 9.84. The maximum atomic E-state index is 11.3. The zero-order valence-corrected chi connectivity index (χ0v) is 12.8. The van der Waals surface area contributed by atoms with Crippen LogP contribution in [0.4, 0.5) is 5.69 Å². The first-order chi connectivity index (χ1) is 9.67. The van der Waals surface area contributed by atoms with E-state index in [9.17, 15) is 4.79 Å². The van der Waals surface area contributed by atoms with Crippen LogP contribution in [0.15, 0.2) is 21.4 Å². The number of imidazole rings is 1. The van der Waals surface area contributed by atoms with Gasteiger partial charge in [-0.25, -0.2) is 4.79 Å². The molecule has 108 valence electrons. The van der Waals surface area contributed by atoms with Crippen molar-refractivity contribution in [3.8, 4) is 0 Å². The van der Waals surface area contributed by atoms with Gasteiger partial charge in [0.1, 0.15) is 0 Å². The predicted octanol–water partition coefficient (Wildman–Crippen LogP) is 2.55. The third-order valence-electron chi connectivity index (χ3n) is 4.16. The number of hydrogen-bond acceptors (Lipinski definition) is 3. The van der Waals surface area contributed by atoms with E-state index in [1.807, 2.05) is 12.1 Å². The molecule has 3 rings (SSSR count). The van der Waals surface area contributed by atoms with E-state index in [2.05, 4.69) is 31.2 Å². The molecular formula is C14H19BrN4O. The number of aromatic amines is 2. The molecule has 0 spiro atoms. The smallest absolute Gasteiger partial charge is 0.323 e. The molecule has 20 heavy (non-hydrogen) atoms. The van der Waals surface area contributed by atoms with Crippen molar-refractivity contribution in [1.29, 1.82) is 0 Å². The third kappa shape index (κ3) is 2.62. The Morgan fingerprint density at radius 2 is 1.95 bits per heavy atom. The fraction of sp³-hybridized carbons (Fsp3) is 0.500. The maximum Gasteiger partial charge on any atom is 0.323 e. The van der Waals surface area contributed by atoms with Crippen molar-refractivity contribution < 1.29 is 0 Å². The number of H-pyrrole nitrogens is 2. The summed E-state index contributed by atoms with van der Waals surface area (Å²) in [6.45, 7) is 0.721. The van der Waals surface area contributed by atoms with Crippen molar-refractivity contribution in [2.45, 2.75) is 31.7 Å². The van der Waals surface area contributed by atoms with Crippen molar-refractivity contribution in [2.75, 3.05) is 11.9 Å². The van der Waals surface area contributed by atoms with Gasteiger partial charge in [0.25, 0.3) is 0 Å². The van der Waals surface area contributed by atoms with Crippen LogP contribution in [0, 0.1) is 5.92 Å². The standard InChI is InChI=1S/C14H19BrN4O/c15-9-5-12-13(19-14(20)18-12)6-11(9)17-10-4-2-1-3-8(10)7-16/h5-6,8,10,17H,1-4,7,16H2,(H2,18,19,20). The molecule has 0 bridgehead atoms. The van der Waals surface area contributed by atoms with Gasteiger partial charge in [-0.05, 0) is 53.4 Å². The third-order valence-corrected chi connectivity index (χ3v) is 4.81. The van der Waals surface area contributed by atoms with Crippen LogP contribution in [0.5, 0.6) is 0 Å². The Hall–Kier alpha value is -1.27. The molecule has 5 N–H and O–H groups in total. The van der Waals surface area contributed by atoms with Crippen LogP contribution in [0.1, 0.15) is 25.7 Å². The van der Waals surface area contributed by atoms with Crippen LogP contribution >= 0.6 is 15.9 Å². The summed E-state index contributed by atoms with van der Waals surface area (Å²) in [5, 5.41) is 3.59. The number of anilines is 1. The number of fused-ring (bicyclic) bond motifs is 1. The second-order valence-electron chi connectivity index (χ2n) is 5.49. The van der Waals surface area contributed by atoms with Crippen LogP contribution in [0.25, 0.3) is 11.0 Å². The molecule has 1 aliphatic rings. The molecular weight excluding hydrogens is 320 g/mol. The average Bonchev–Trinajstić information content (AvgIpc) is 2.79. The molecule has 1 saturated carbocycles. The minimum absolute atomic E-state index is 0.179. The van der Waals surface area contributed by atoms with E-state index in [0.29, 0.717) is 12.0 Å². The van der Waals surface area contributed by atoms with Crippen molar-refractivity contribution >= 4 is 32.7 Å². The Bertz CT molecular complexity index is 663. The number of rotatable bonds is 3. The van der Waals surface area contributed by atoms with E-state index in [-0.39, 0.29) is 5.69 Å². The zero-order valence-electron chi connectivity index (χ0n) is 11.2. The van der Waals surface area contributed by atoms with Crippen LogP contribution in [0.2, 0.25) is 0 Å². The molecule has 2 atom stereocenters. The highest BCUT2D eigenvalue weighted by Gasteiger charge is 2.24. The number of halogens is 1. The summed E-state index contributed by atoms with van der Waals surface area (Å²) in [7, 11) is 0. The largest absolute Gasteiger partial charge is 0.381 e. The highest BCUT2D eigenvalue weighted by Crippen LogP contribution is 2.31. The molecule has 5 nitrogen and oxygen atoms in total. The van der Waals surface area contributed by atoms with E-state index in [1.165, 1.54) is 19.3 Å². The molecule has 0 amide bonds. The molecule has 1 aromatic heterocycles. The topological polar surface area (TPSA) is 86.7 Å². The summed E-state index contributed by atoms with van der Waals surface area (Å²) in [6, 6.07) is 4.31. The maximum absolute atomic E-state index is 11.3.